The minimum absolute atomic E-state index is 0.0198. The molecule has 1 unspecified atom stereocenters. The zero-order valence-electron chi connectivity index (χ0n) is 36.9. The van der Waals surface area contributed by atoms with Crippen molar-refractivity contribution in [2.75, 3.05) is 13.2 Å². The Balaban J connectivity index is 1.63. The Morgan fingerprint density at radius 3 is 2.05 bits per heavy atom. The number of benzene rings is 1. The molecule has 4 heterocycles. The van der Waals surface area contributed by atoms with Gasteiger partial charge in [-0.05, 0) is 50.2 Å². The van der Waals surface area contributed by atoms with Gasteiger partial charge in [-0.15, -0.1) is 0 Å². The monoisotopic (exact) mass is 916 g/mol. The molecule has 7 rings (SSSR count). The molecule has 4 aliphatic rings. The predicted octanol–water partition coefficient (Wildman–Crippen LogP) is 2.63. The van der Waals surface area contributed by atoms with Crippen molar-refractivity contribution in [1.29, 1.82) is 0 Å². The van der Waals surface area contributed by atoms with Gasteiger partial charge in [-0.1, -0.05) is 32.0 Å². The molecular weight excluding hydrogens is 869 g/mol. The number of hydrogen-bond donors (Lipinski definition) is 1. The van der Waals surface area contributed by atoms with Gasteiger partial charge in [0.15, 0.2) is 30.0 Å². The Hall–Kier alpha value is -6.80. The van der Waals surface area contributed by atoms with E-state index in [1.807, 2.05) is 0 Å². The molecule has 2 aliphatic heterocycles. The van der Waals surface area contributed by atoms with Crippen LogP contribution in [0.25, 0.3) is 0 Å². The summed E-state index contributed by atoms with van der Waals surface area (Å²) in [5.41, 5.74) is -10.8. The normalized spacial score (nSPS) is 34.5. The van der Waals surface area contributed by atoms with Gasteiger partial charge in [0.2, 0.25) is 0 Å². The fourth-order valence-corrected chi connectivity index (χ4v) is 10.2. The standard InChI is InChI=1S/C46H48N2O18/c1-23-24(2)39(53)65-36-34(63-41(55)29-15-11-17-47-19-29)38(62-27(5)52)45(21-58-25(3)50)37(61-26(4)51)33(60-22-49)31-35(64-40(54)28-13-9-8-10-14-28)46(45,44(36,7)57)66-43(31,6)20-59-42(56)30-16-12-18-48-32(23)30/h8-19,22-24,31,33-38,57H,20-21H2,1-7H3/t23-,24-,31+,33+,34-,35+,36-,37+,38-,43-,44?,45+,46-/m0/s1. The Morgan fingerprint density at radius 2 is 1.42 bits per heavy atom. The van der Waals surface area contributed by atoms with Crippen molar-refractivity contribution in [2.24, 2.45) is 17.3 Å². The third kappa shape index (κ3) is 7.70. The second-order valence-corrected chi connectivity index (χ2v) is 17.2. The quantitative estimate of drug-likeness (QED) is 0.174. The Bertz CT molecular complexity index is 2410. The number of rotatable bonds is 10. The first-order valence-electron chi connectivity index (χ1n) is 20.9. The number of carbonyl (C=O) groups is 8. The van der Waals surface area contributed by atoms with Crippen molar-refractivity contribution >= 4 is 48.3 Å². The SMILES string of the molecule is CC(=O)OC[C@]12[C@H](OC(C)=O)[C@H](OC=O)[C@@H]3[C@@H](OC(=O)c4ccccc4)[C@@]14O[C@@]3(C)COC(=O)c1cccnc1[C@@H](C)[C@H](C)C(=O)O[C@@H]([C@H](OC(=O)c1cccnc1)[C@@H]2OC(C)=O)C4(C)O. The van der Waals surface area contributed by atoms with Gasteiger partial charge in [-0.2, -0.15) is 0 Å². The first-order chi connectivity index (χ1) is 31.2. The lowest BCUT2D eigenvalue weighted by Gasteiger charge is -2.67. The van der Waals surface area contributed by atoms with Crippen molar-refractivity contribution in [2.45, 2.75) is 108 Å². The van der Waals surface area contributed by atoms with Gasteiger partial charge in [0.25, 0.3) is 6.47 Å². The van der Waals surface area contributed by atoms with Crippen LogP contribution < -0.4 is 0 Å². The highest BCUT2D eigenvalue weighted by atomic mass is 16.7. The minimum Gasteiger partial charge on any atom is -0.465 e. The fourth-order valence-electron chi connectivity index (χ4n) is 10.2. The smallest absolute Gasteiger partial charge is 0.340 e. The van der Waals surface area contributed by atoms with Crippen LogP contribution in [-0.4, -0.2) is 130 Å². The maximum Gasteiger partial charge on any atom is 0.340 e. The lowest BCUT2D eigenvalue weighted by Crippen LogP contribution is -2.89. The molecule has 20 heteroatoms. The number of carbonyl (C=O) groups excluding carboxylic acids is 8. The van der Waals surface area contributed by atoms with Crippen molar-refractivity contribution < 1.29 is 86.1 Å². The molecule has 350 valence electrons. The van der Waals surface area contributed by atoms with Crippen LogP contribution in [0.3, 0.4) is 0 Å². The van der Waals surface area contributed by atoms with Crippen LogP contribution in [0, 0.1) is 17.3 Å². The van der Waals surface area contributed by atoms with Crippen LogP contribution in [0.2, 0.25) is 0 Å². The van der Waals surface area contributed by atoms with E-state index in [2.05, 4.69) is 9.97 Å². The van der Waals surface area contributed by atoms with E-state index in [0.717, 1.165) is 33.9 Å². The Morgan fingerprint density at radius 1 is 0.788 bits per heavy atom. The molecule has 20 nitrogen and oxygen atoms in total. The number of ether oxygens (including phenoxy) is 9. The van der Waals surface area contributed by atoms with E-state index >= 15 is 0 Å². The molecule has 3 aromatic rings. The highest BCUT2D eigenvalue weighted by Crippen LogP contribution is 2.70. The van der Waals surface area contributed by atoms with Crippen LogP contribution in [0.15, 0.2) is 73.2 Å². The van der Waals surface area contributed by atoms with Gasteiger partial charge in [-0.25, -0.2) is 14.4 Å². The van der Waals surface area contributed by atoms with Gasteiger partial charge in [0.05, 0.1) is 34.2 Å². The van der Waals surface area contributed by atoms with Gasteiger partial charge >= 0.3 is 41.8 Å². The summed E-state index contributed by atoms with van der Waals surface area (Å²) in [6, 6.07) is 13.1. The molecule has 1 spiro atoms. The maximum atomic E-state index is 14.8. The second kappa shape index (κ2) is 17.9. The number of esters is 7. The minimum atomic E-state index is -2.94. The topological polar surface area (TPSA) is 266 Å². The zero-order chi connectivity index (χ0) is 47.9. The van der Waals surface area contributed by atoms with Gasteiger partial charge in [0, 0.05) is 45.3 Å². The molecule has 2 saturated carbocycles. The third-order valence-corrected chi connectivity index (χ3v) is 13.1. The Kier molecular flexibility index (Phi) is 12.8. The molecule has 1 saturated heterocycles. The average molecular weight is 917 g/mol. The van der Waals surface area contributed by atoms with Crippen molar-refractivity contribution in [3.05, 3.63) is 95.6 Å². The number of aromatic nitrogens is 2. The highest BCUT2D eigenvalue weighted by molar-refractivity contribution is 5.92. The van der Waals surface area contributed by atoms with Gasteiger partial charge < -0.3 is 47.7 Å². The number of nitrogens with zero attached hydrogens (tertiary/aromatic N) is 2. The zero-order valence-corrected chi connectivity index (χ0v) is 36.9. The van der Waals surface area contributed by atoms with Crippen molar-refractivity contribution in [3.63, 3.8) is 0 Å². The van der Waals surface area contributed by atoms with Crippen LogP contribution >= 0.6 is 0 Å². The summed E-state index contributed by atoms with van der Waals surface area (Å²) in [6.45, 7) is 6.51. The molecule has 0 radical (unpaired) electrons. The summed E-state index contributed by atoms with van der Waals surface area (Å²) >= 11 is 0. The average Bonchev–Trinajstić information content (AvgIpc) is 3.51. The van der Waals surface area contributed by atoms with Gasteiger partial charge in [-0.3, -0.25) is 33.9 Å². The molecule has 1 aromatic carbocycles. The number of aliphatic hydroxyl groups is 1. The predicted molar refractivity (Wildman–Crippen MR) is 219 cm³/mol. The number of pyridine rings is 2. The highest BCUT2D eigenvalue weighted by Gasteiger charge is 2.92. The molecule has 0 amide bonds. The van der Waals surface area contributed by atoms with Crippen LogP contribution in [0.5, 0.6) is 0 Å². The summed E-state index contributed by atoms with van der Waals surface area (Å²) in [5, 5.41) is 13.9. The molecule has 13 atom stereocenters. The lowest BCUT2D eigenvalue weighted by molar-refractivity contribution is -0.385. The number of cyclic esters (lactones) is 1. The van der Waals surface area contributed by atoms with E-state index < -0.39 is 132 Å². The van der Waals surface area contributed by atoms with E-state index in [1.54, 1.807) is 13.0 Å². The lowest BCUT2D eigenvalue weighted by atomic mass is 9.45. The van der Waals surface area contributed by atoms with E-state index in [4.69, 9.17) is 42.6 Å². The van der Waals surface area contributed by atoms with Crippen LogP contribution in [0.4, 0.5) is 0 Å². The van der Waals surface area contributed by atoms with E-state index in [9.17, 15) is 43.5 Å². The molecule has 2 aliphatic carbocycles. The number of fused-ring (bicyclic) bond motifs is 5. The molecular formula is C46H48N2O18. The Labute approximate surface area is 377 Å². The van der Waals surface area contributed by atoms with Crippen LogP contribution in [0.1, 0.15) is 91.2 Å². The van der Waals surface area contributed by atoms with E-state index in [-0.39, 0.29) is 28.9 Å². The molecule has 66 heavy (non-hydrogen) atoms. The molecule has 1 N–H and O–H groups in total. The maximum absolute atomic E-state index is 14.8. The fraction of sp³-hybridized carbons (Fsp3) is 0.478. The largest absolute Gasteiger partial charge is 0.465 e. The third-order valence-electron chi connectivity index (χ3n) is 13.1. The number of hydrogen-bond acceptors (Lipinski definition) is 20. The summed E-state index contributed by atoms with van der Waals surface area (Å²) in [5.74, 6) is -11.2. The van der Waals surface area contributed by atoms with Crippen LogP contribution in [-0.2, 0) is 66.6 Å². The molecule has 4 bridgehead atoms. The second-order valence-electron chi connectivity index (χ2n) is 17.2. The summed E-state index contributed by atoms with van der Waals surface area (Å²) in [6.07, 6.45) is -8.67. The first-order valence-corrected chi connectivity index (χ1v) is 20.9. The van der Waals surface area contributed by atoms with Crippen molar-refractivity contribution in [3.8, 4) is 0 Å². The van der Waals surface area contributed by atoms with E-state index in [1.165, 1.54) is 74.8 Å². The summed E-state index contributed by atoms with van der Waals surface area (Å²) < 4.78 is 55.9. The van der Waals surface area contributed by atoms with E-state index in [0.29, 0.717) is 0 Å². The molecule has 2 aromatic heterocycles. The van der Waals surface area contributed by atoms with Crippen molar-refractivity contribution in [1.82, 2.24) is 9.97 Å². The summed E-state index contributed by atoms with van der Waals surface area (Å²) in [4.78, 5) is 119. The first kappa shape index (κ1) is 47.2. The summed E-state index contributed by atoms with van der Waals surface area (Å²) in [7, 11) is 0. The molecule has 3 fully saturated rings. The van der Waals surface area contributed by atoms with Gasteiger partial charge in [0.1, 0.15) is 42.0 Å².